The topological polar surface area (TPSA) is 175 Å². The number of ether oxygens (including phenoxy) is 4. The zero-order chi connectivity index (χ0) is 24.7. The summed E-state index contributed by atoms with van der Waals surface area (Å²) in [4.78, 5) is 13.0. The van der Waals surface area contributed by atoms with Gasteiger partial charge < -0.3 is 49.6 Å². The Balaban J connectivity index is 1.69. The smallest absolute Gasteiger partial charge is 0.229 e. The third-order valence-electron chi connectivity index (χ3n) is 6.03. The maximum atomic E-state index is 13.0. The van der Waals surface area contributed by atoms with E-state index in [4.69, 9.17) is 18.9 Å². The summed E-state index contributed by atoms with van der Waals surface area (Å²) in [5.74, 6) is -0.517. The predicted octanol–water partition coefficient (Wildman–Crippen LogP) is 0.300. The summed E-state index contributed by atoms with van der Waals surface area (Å²) in [6, 6.07) is 5.53. The molecule has 0 bridgehead atoms. The van der Waals surface area contributed by atoms with Crippen molar-refractivity contribution in [3.8, 4) is 28.7 Å². The summed E-state index contributed by atoms with van der Waals surface area (Å²) >= 11 is 0. The minimum absolute atomic E-state index is 0.0417. The lowest BCUT2D eigenvalue weighted by Gasteiger charge is -2.40. The fraction of sp³-hybridized carbons (Fsp3) is 0.435. The normalized spacial score (nSPS) is 28.7. The fourth-order valence-corrected chi connectivity index (χ4v) is 4.13. The molecule has 3 unspecified atom stereocenters. The van der Waals surface area contributed by atoms with Crippen LogP contribution in [0.1, 0.15) is 34.0 Å². The van der Waals surface area contributed by atoms with Crippen molar-refractivity contribution in [2.45, 2.75) is 50.2 Å². The number of phenolic OH excluding ortho intramolecular Hbond substituents is 2. The SMILES string of the molecule is COc1c(C)c(O[C@@H]2OC(CO)[C@@H](O)C(O)[C@@H]2O)cc2c1C(=O)CC(c1ccc(O)c(O)c1)O2. The Morgan fingerprint density at radius 1 is 1.06 bits per heavy atom. The molecule has 2 aromatic carbocycles. The molecule has 2 heterocycles. The molecule has 0 spiro atoms. The molecular weight excluding hydrogens is 452 g/mol. The van der Waals surface area contributed by atoms with Crippen LogP contribution < -0.4 is 14.2 Å². The number of aliphatic hydroxyl groups is 4. The Morgan fingerprint density at radius 2 is 1.79 bits per heavy atom. The number of hydrogen-bond acceptors (Lipinski definition) is 11. The molecule has 0 radical (unpaired) electrons. The van der Waals surface area contributed by atoms with Gasteiger partial charge in [0.05, 0.1) is 20.1 Å². The molecule has 2 aliphatic heterocycles. The van der Waals surface area contributed by atoms with Crippen molar-refractivity contribution in [2.75, 3.05) is 13.7 Å². The van der Waals surface area contributed by atoms with E-state index in [0.717, 1.165) is 0 Å². The third kappa shape index (κ3) is 4.12. The second-order valence-electron chi connectivity index (χ2n) is 8.20. The van der Waals surface area contributed by atoms with Crippen LogP contribution in [0.25, 0.3) is 0 Å². The predicted molar refractivity (Wildman–Crippen MR) is 114 cm³/mol. The third-order valence-corrected chi connectivity index (χ3v) is 6.03. The molecule has 0 aliphatic carbocycles. The van der Waals surface area contributed by atoms with E-state index < -0.39 is 43.4 Å². The molecule has 6 atom stereocenters. The van der Waals surface area contributed by atoms with Gasteiger partial charge in [-0.15, -0.1) is 0 Å². The number of Topliss-reactive ketones (excluding diaryl/α,β-unsaturated/α-hetero) is 1. The summed E-state index contributed by atoms with van der Waals surface area (Å²) < 4.78 is 22.6. The molecule has 11 heteroatoms. The number of phenols is 2. The second-order valence-corrected chi connectivity index (χ2v) is 8.20. The fourth-order valence-electron chi connectivity index (χ4n) is 4.13. The number of ketones is 1. The molecular formula is C23H26O11. The van der Waals surface area contributed by atoms with E-state index in [9.17, 15) is 35.4 Å². The Labute approximate surface area is 194 Å². The number of carbonyl (C=O) groups is 1. The van der Waals surface area contributed by atoms with Gasteiger partial charge in [0.25, 0.3) is 0 Å². The standard InChI is InChI=1S/C23H26O11/c1-9-14(33-23-21(30)20(29)19(28)17(8-24)34-23)7-16-18(22(9)31-2)13(27)6-15(32-16)10-3-4-11(25)12(26)5-10/h3-5,7,15,17,19-21,23-26,28-30H,6,8H2,1-2H3/t15?,17?,19-,20?,21+,23-/m1/s1. The van der Waals surface area contributed by atoms with Crippen molar-refractivity contribution >= 4 is 5.78 Å². The molecule has 4 rings (SSSR count). The number of hydrogen-bond donors (Lipinski definition) is 6. The first-order chi connectivity index (χ1) is 16.2. The minimum Gasteiger partial charge on any atom is -0.504 e. The highest BCUT2D eigenvalue weighted by Gasteiger charge is 2.45. The van der Waals surface area contributed by atoms with Crippen LogP contribution in [0.3, 0.4) is 0 Å². The molecule has 0 aromatic heterocycles. The first-order valence-corrected chi connectivity index (χ1v) is 10.6. The van der Waals surface area contributed by atoms with Crippen LogP contribution in [0.15, 0.2) is 24.3 Å². The largest absolute Gasteiger partial charge is 0.504 e. The van der Waals surface area contributed by atoms with E-state index in [1.165, 1.54) is 31.4 Å². The van der Waals surface area contributed by atoms with Crippen LogP contribution in [-0.2, 0) is 4.74 Å². The number of carbonyl (C=O) groups excluding carboxylic acids is 1. The van der Waals surface area contributed by atoms with E-state index in [0.29, 0.717) is 11.1 Å². The van der Waals surface area contributed by atoms with Crippen LogP contribution in [0.4, 0.5) is 0 Å². The van der Waals surface area contributed by atoms with Crippen molar-refractivity contribution in [1.82, 2.24) is 0 Å². The van der Waals surface area contributed by atoms with Crippen molar-refractivity contribution < 1.29 is 54.4 Å². The molecule has 0 amide bonds. The van der Waals surface area contributed by atoms with Gasteiger partial charge in [0.2, 0.25) is 6.29 Å². The first kappa shape index (κ1) is 24.0. The number of aromatic hydroxyl groups is 2. The molecule has 0 saturated carbocycles. The zero-order valence-electron chi connectivity index (χ0n) is 18.4. The lowest BCUT2D eigenvalue weighted by Crippen LogP contribution is -2.60. The summed E-state index contributed by atoms with van der Waals surface area (Å²) in [6.45, 7) is 1.01. The average molecular weight is 478 g/mol. The van der Waals surface area contributed by atoms with Crippen molar-refractivity contribution in [2.24, 2.45) is 0 Å². The maximum Gasteiger partial charge on any atom is 0.229 e. The molecule has 1 fully saturated rings. The Hall–Kier alpha value is -3.09. The number of rotatable bonds is 5. The van der Waals surface area contributed by atoms with E-state index in [-0.39, 0.29) is 46.5 Å². The molecule has 34 heavy (non-hydrogen) atoms. The van der Waals surface area contributed by atoms with Gasteiger partial charge in [-0.2, -0.15) is 0 Å². The van der Waals surface area contributed by atoms with Gasteiger partial charge in [0.15, 0.2) is 17.3 Å². The monoisotopic (exact) mass is 478 g/mol. The van der Waals surface area contributed by atoms with Crippen molar-refractivity contribution in [3.63, 3.8) is 0 Å². The minimum atomic E-state index is -1.63. The van der Waals surface area contributed by atoms with Gasteiger partial charge in [-0.05, 0) is 24.6 Å². The Morgan fingerprint density at radius 3 is 2.44 bits per heavy atom. The van der Waals surface area contributed by atoms with Gasteiger partial charge in [-0.1, -0.05) is 6.07 Å². The summed E-state index contributed by atoms with van der Waals surface area (Å²) in [6.07, 6.45) is -8.20. The Kier molecular flexibility index (Phi) is 6.56. The van der Waals surface area contributed by atoms with Gasteiger partial charge >= 0.3 is 0 Å². The van der Waals surface area contributed by atoms with Gasteiger partial charge in [0, 0.05) is 11.6 Å². The van der Waals surface area contributed by atoms with Gasteiger partial charge in [-0.25, -0.2) is 0 Å². The van der Waals surface area contributed by atoms with Crippen molar-refractivity contribution in [1.29, 1.82) is 0 Å². The second kappa shape index (κ2) is 9.28. The van der Waals surface area contributed by atoms with Gasteiger partial charge in [0.1, 0.15) is 53.3 Å². The van der Waals surface area contributed by atoms with Crippen LogP contribution in [0.5, 0.6) is 28.7 Å². The van der Waals surface area contributed by atoms with E-state index in [1.807, 2.05) is 0 Å². The average Bonchev–Trinajstić information content (AvgIpc) is 2.81. The summed E-state index contributed by atoms with van der Waals surface area (Å²) in [5, 5.41) is 59.1. The van der Waals surface area contributed by atoms with Crippen molar-refractivity contribution in [3.05, 3.63) is 41.0 Å². The van der Waals surface area contributed by atoms with Gasteiger partial charge in [-0.3, -0.25) is 4.79 Å². The van der Waals surface area contributed by atoms with E-state index >= 15 is 0 Å². The first-order valence-electron chi connectivity index (χ1n) is 10.6. The molecule has 1 saturated heterocycles. The number of aliphatic hydroxyl groups excluding tert-OH is 4. The van der Waals surface area contributed by atoms with Crippen LogP contribution >= 0.6 is 0 Å². The van der Waals surface area contributed by atoms with Crippen LogP contribution in [0.2, 0.25) is 0 Å². The van der Waals surface area contributed by atoms with E-state index in [1.54, 1.807) is 6.92 Å². The molecule has 6 N–H and O–H groups in total. The highest BCUT2D eigenvalue weighted by Crippen LogP contribution is 2.46. The zero-order valence-corrected chi connectivity index (χ0v) is 18.4. The summed E-state index contributed by atoms with van der Waals surface area (Å²) in [7, 11) is 1.37. The quantitative estimate of drug-likeness (QED) is 0.326. The molecule has 2 aliphatic rings. The van der Waals surface area contributed by atoms with Crippen LogP contribution in [0, 0.1) is 6.92 Å². The lowest BCUT2D eigenvalue weighted by molar-refractivity contribution is -0.277. The molecule has 2 aromatic rings. The molecule has 184 valence electrons. The Bertz CT molecular complexity index is 1080. The highest BCUT2D eigenvalue weighted by atomic mass is 16.7. The summed E-state index contributed by atoms with van der Waals surface area (Å²) in [5.41, 5.74) is 1.06. The number of benzene rings is 2. The number of methoxy groups -OCH3 is 1. The lowest BCUT2D eigenvalue weighted by atomic mass is 9.93. The van der Waals surface area contributed by atoms with E-state index in [2.05, 4.69) is 0 Å². The van der Waals surface area contributed by atoms with Crippen LogP contribution in [-0.4, -0.2) is 80.8 Å². The maximum absolute atomic E-state index is 13.0. The highest BCUT2D eigenvalue weighted by molar-refractivity contribution is 6.03. The molecule has 11 nitrogen and oxygen atoms in total. The number of fused-ring (bicyclic) bond motifs is 1.